The summed E-state index contributed by atoms with van der Waals surface area (Å²) in [7, 11) is 0. The predicted octanol–water partition coefficient (Wildman–Crippen LogP) is 0.977. The summed E-state index contributed by atoms with van der Waals surface area (Å²) in [6.45, 7) is 3.17. The van der Waals surface area contributed by atoms with Crippen molar-refractivity contribution in [2.45, 2.75) is 32.3 Å². The standard InChI is InChI=1S/C11H16N2O2S/c1-8-12-9(7-16-8)5-11(15)13-4-2-3-10(14)6-13/h7,10,14H,2-6H2,1H3/t10-/m0/s1. The lowest BCUT2D eigenvalue weighted by Gasteiger charge is -2.29. The Hall–Kier alpha value is -0.940. The average Bonchev–Trinajstić information content (AvgIpc) is 2.64. The molecule has 88 valence electrons. The highest BCUT2D eigenvalue weighted by atomic mass is 32.1. The number of rotatable bonds is 2. The van der Waals surface area contributed by atoms with E-state index in [4.69, 9.17) is 0 Å². The van der Waals surface area contributed by atoms with E-state index in [0.29, 0.717) is 13.0 Å². The zero-order valence-corrected chi connectivity index (χ0v) is 10.2. The minimum atomic E-state index is -0.352. The number of piperidine rings is 1. The third-order valence-electron chi connectivity index (χ3n) is 2.75. The topological polar surface area (TPSA) is 53.4 Å². The first-order valence-corrected chi connectivity index (χ1v) is 6.40. The number of carbonyl (C=O) groups excluding carboxylic acids is 1. The molecular formula is C11H16N2O2S. The first-order chi connectivity index (χ1) is 7.65. The molecule has 2 rings (SSSR count). The Morgan fingerprint density at radius 1 is 1.75 bits per heavy atom. The number of thiazole rings is 1. The van der Waals surface area contributed by atoms with Crippen molar-refractivity contribution in [3.63, 3.8) is 0 Å². The van der Waals surface area contributed by atoms with Crippen LogP contribution in [0, 0.1) is 6.92 Å². The van der Waals surface area contributed by atoms with Crippen molar-refractivity contribution in [3.8, 4) is 0 Å². The number of aliphatic hydroxyl groups is 1. The van der Waals surface area contributed by atoms with Gasteiger partial charge in [0.1, 0.15) is 0 Å². The van der Waals surface area contributed by atoms with Gasteiger partial charge >= 0.3 is 0 Å². The van der Waals surface area contributed by atoms with Gasteiger partial charge in [-0.3, -0.25) is 4.79 Å². The predicted molar refractivity (Wildman–Crippen MR) is 62.4 cm³/mol. The molecule has 1 N–H and O–H groups in total. The molecule has 1 amide bonds. The van der Waals surface area contributed by atoms with Crippen LogP contribution in [-0.4, -0.2) is 40.1 Å². The van der Waals surface area contributed by atoms with Crippen molar-refractivity contribution >= 4 is 17.2 Å². The van der Waals surface area contributed by atoms with E-state index in [9.17, 15) is 9.90 Å². The second-order valence-electron chi connectivity index (χ2n) is 4.17. The SMILES string of the molecule is Cc1nc(CC(=O)N2CCC[C@H](O)C2)cs1. The van der Waals surface area contributed by atoms with E-state index in [2.05, 4.69) is 4.98 Å². The van der Waals surface area contributed by atoms with Gasteiger partial charge in [-0.2, -0.15) is 0 Å². The molecule has 1 saturated heterocycles. The Kier molecular flexibility index (Phi) is 3.56. The second kappa shape index (κ2) is 4.93. The fourth-order valence-corrected chi connectivity index (χ4v) is 2.55. The zero-order chi connectivity index (χ0) is 11.5. The van der Waals surface area contributed by atoms with Gasteiger partial charge in [-0.05, 0) is 19.8 Å². The lowest BCUT2D eigenvalue weighted by atomic mass is 10.1. The number of amides is 1. The molecule has 1 aliphatic rings. The molecule has 0 saturated carbocycles. The normalized spacial score (nSPS) is 21.1. The Balaban J connectivity index is 1.92. The highest BCUT2D eigenvalue weighted by molar-refractivity contribution is 7.09. The number of hydrogen-bond donors (Lipinski definition) is 1. The van der Waals surface area contributed by atoms with Crippen LogP contribution in [0.25, 0.3) is 0 Å². The van der Waals surface area contributed by atoms with Gasteiger partial charge in [0.15, 0.2) is 0 Å². The molecule has 0 spiro atoms. The van der Waals surface area contributed by atoms with Crippen molar-refractivity contribution in [1.29, 1.82) is 0 Å². The van der Waals surface area contributed by atoms with Crippen LogP contribution in [0.4, 0.5) is 0 Å². The summed E-state index contributed by atoms with van der Waals surface area (Å²) >= 11 is 1.56. The van der Waals surface area contributed by atoms with Gasteiger partial charge in [-0.1, -0.05) is 0 Å². The first kappa shape index (κ1) is 11.5. The van der Waals surface area contributed by atoms with Gasteiger partial charge in [0.25, 0.3) is 0 Å². The van der Waals surface area contributed by atoms with E-state index in [1.807, 2.05) is 12.3 Å². The molecule has 4 nitrogen and oxygen atoms in total. The molecule has 0 aromatic carbocycles. The fraction of sp³-hybridized carbons (Fsp3) is 0.636. The zero-order valence-electron chi connectivity index (χ0n) is 9.35. The van der Waals surface area contributed by atoms with Crippen LogP contribution < -0.4 is 0 Å². The maximum atomic E-state index is 11.9. The lowest BCUT2D eigenvalue weighted by molar-refractivity contribution is -0.133. The first-order valence-electron chi connectivity index (χ1n) is 5.52. The van der Waals surface area contributed by atoms with Crippen molar-refractivity contribution in [2.24, 2.45) is 0 Å². The number of aryl methyl sites for hydroxylation is 1. The molecular weight excluding hydrogens is 224 g/mol. The Bertz CT molecular complexity index is 378. The smallest absolute Gasteiger partial charge is 0.228 e. The molecule has 2 heterocycles. The molecule has 0 unspecified atom stereocenters. The summed E-state index contributed by atoms with van der Waals surface area (Å²) in [6, 6.07) is 0. The molecule has 1 aromatic rings. The summed E-state index contributed by atoms with van der Waals surface area (Å²) in [5, 5.41) is 12.4. The van der Waals surface area contributed by atoms with Crippen molar-refractivity contribution in [2.75, 3.05) is 13.1 Å². The maximum absolute atomic E-state index is 11.9. The average molecular weight is 240 g/mol. The fourth-order valence-electron chi connectivity index (χ4n) is 1.94. The number of aliphatic hydroxyl groups excluding tert-OH is 1. The number of aromatic nitrogens is 1. The van der Waals surface area contributed by atoms with Crippen LogP contribution in [0.5, 0.6) is 0 Å². The van der Waals surface area contributed by atoms with Crippen LogP contribution in [0.1, 0.15) is 23.5 Å². The third-order valence-corrected chi connectivity index (χ3v) is 3.57. The molecule has 1 aromatic heterocycles. The Labute approximate surface area is 98.9 Å². The summed E-state index contributed by atoms with van der Waals surface area (Å²) in [6.07, 6.45) is 1.70. The van der Waals surface area contributed by atoms with E-state index >= 15 is 0 Å². The monoisotopic (exact) mass is 240 g/mol. The second-order valence-corrected chi connectivity index (χ2v) is 5.23. The Morgan fingerprint density at radius 3 is 3.19 bits per heavy atom. The number of nitrogens with zero attached hydrogens (tertiary/aromatic N) is 2. The van der Waals surface area contributed by atoms with Crippen LogP contribution in [0.2, 0.25) is 0 Å². The van der Waals surface area contributed by atoms with Crippen molar-refractivity contribution in [3.05, 3.63) is 16.1 Å². The van der Waals surface area contributed by atoms with E-state index in [1.165, 1.54) is 0 Å². The maximum Gasteiger partial charge on any atom is 0.228 e. The highest BCUT2D eigenvalue weighted by Crippen LogP contribution is 2.13. The van der Waals surface area contributed by atoms with E-state index in [-0.39, 0.29) is 12.0 Å². The number of hydrogen-bond acceptors (Lipinski definition) is 4. The van der Waals surface area contributed by atoms with Crippen molar-refractivity contribution < 1.29 is 9.90 Å². The number of likely N-dealkylation sites (tertiary alicyclic amines) is 1. The van der Waals surface area contributed by atoms with Crippen LogP contribution in [-0.2, 0) is 11.2 Å². The lowest BCUT2D eigenvalue weighted by Crippen LogP contribution is -2.42. The van der Waals surface area contributed by atoms with E-state index < -0.39 is 0 Å². The molecule has 5 heteroatoms. The summed E-state index contributed by atoms with van der Waals surface area (Å²) in [5.41, 5.74) is 0.840. The van der Waals surface area contributed by atoms with Crippen LogP contribution >= 0.6 is 11.3 Å². The molecule has 16 heavy (non-hydrogen) atoms. The molecule has 1 fully saturated rings. The number of carbonyl (C=O) groups is 1. The molecule has 0 radical (unpaired) electrons. The summed E-state index contributed by atoms with van der Waals surface area (Å²) in [5.74, 6) is 0.0732. The van der Waals surface area contributed by atoms with Gasteiger partial charge < -0.3 is 10.0 Å². The summed E-state index contributed by atoms with van der Waals surface area (Å²) in [4.78, 5) is 17.9. The van der Waals surface area contributed by atoms with Crippen molar-refractivity contribution in [1.82, 2.24) is 9.88 Å². The number of β-amino-alcohol motifs (C(OH)–C–C–N with tert-alkyl or cyclic N) is 1. The van der Waals surface area contributed by atoms with Crippen LogP contribution in [0.15, 0.2) is 5.38 Å². The molecule has 0 aliphatic carbocycles. The largest absolute Gasteiger partial charge is 0.391 e. The quantitative estimate of drug-likeness (QED) is 0.838. The third kappa shape index (κ3) is 2.80. The minimum Gasteiger partial charge on any atom is -0.391 e. The molecule has 1 atom stereocenters. The van der Waals surface area contributed by atoms with Gasteiger partial charge in [0, 0.05) is 18.5 Å². The summed E-state index contributed by atoms with van der Waals surface area (Å²) < 4.78 is 0. The van der Waals surface area contributed by atoms with Crippen LogP contribution in [0.3, 0.4) is 0 Å². The minimum absolute atomic E-state index is 0.0732. The van der Waals surface area contributed by atoms with Gasteiger partial charge in [-0.25, -0.2) is 4.98 Å². The molecule has 0 bridgehead atoms. The van der Waals surface area contributed by atoms with Gasteiger partial charge in [0.2, 0.25) is 5.91 Å². The highest BCUT2D eigenvalue weighted by Gasteiger charge is 2.22. The van der Waals surface area contributed by atoms with E-state index in [1.54, 1.807) is 16.2 Å². The Morgan fingerprint density at radius 2 is 2.56 bits per heavy atom. The van der Waals surface area contributed by atoms with E-state index in [0.717, 1.165) is 30.1 Å². The van der Waals surface area contributed by atoms with Gasteiger partial charge in [0.05, 0.1) is 23.2 Å². The van der Waals surface area contributed by atoms with Gasteiger partial charge in [-0.15, -0.1) is 11.3 Å². The molecule has 1 aliphatic heterocycles.